The number of rotatable bonds is 2. The first-order chi connectivity index (χ1) is 9.26. The molecule has 106 valence electrons. The van der Waals surface area contributed by atoms with Crippen molar-refractivity contribution in [1.82, 2.24) is 0 Å². The first-order valence-electron chi connectivity index (χ1n) is 6.76. The van der Waals surface area contributed by atoms with Gasteiger partial charge in [0.1, 0.15) is 0 Å². The molecule has 3 aliphatic rings. The van der Waals surface area contributed by atoms with Crippen LogP contribution in [0.2, 0.25) is 0 Å². The molecule has 0 aromatic rings. The molecule has 5 atom stereocenters. The summed E-state index contributed by atoms with van der Waals surface area (Å²) in [5.74, 6) is -2.94. The lowest BCUT2D eigenvalue weighted by Crippen LogP contribution is -2.48. The molecular weight excluding hydrogens is 258 g/mol. The summed E-state index contributed by atoms with van der Waals surface area (Å²) in [6, 6.07) is 2.15. The van der Waals surface area contributed by atoms with E-state index in [9.17, 15) is 14.9 Å². The van der Waals surface area contributed by atoms with Crippen LogP contribution in [0, 0.1) is 39.9 Å². The molecule has 5 heteroatoms. The van der Waals surface area contributed by atoms with Gasteiger partial charge in [-0.1, -0.05) is 27.4 Å². The third kappa shape index (κ3) is 1.10. The average molecular weight is 275 g/mol. The molecule has 1 heterocycles. The van der Waals surface area contributed by atoms with Gasteiger partial charge < -0.3 is 9.47 Å². The number of ether oxygens (including phenoxy) is 2. The maximum atomic E-state index is 12.3. The molecule has 3 rings (SSSR count). The summed E-state index contributed by atoms with van der Waals surface area (Å²) in [4.78, 5) is 24.0. The van der Waals surface area contributed by atoms with Crippen LogP contribution in [0.25, 0.3) is 0 Å². The van der Waals surface area contributed by atoms with Crippen molar-refractivity contribution in [3.8, 4) is 6.07 Å². The summed E-state index contributed by atoms with van der Waals surface area (Å²) in [5, 5.41) is 9.55. The molecule has 5 nitrogen and oxygen atoms in total. The van der Waals surface area contributed by atoms with E-state index in [4.69, 9.17) is 9.47 Å². The highest BCUT2D eigenvalue weighted by atomic mass is 16.7. The van der Waals surface area contributed by atoms with Crippen molar-refractivity contribution in [2.24, 2.45) is 28.6 Å². The Morgan fingerprint density at radius 1 is 1.60 bits per heavy atom. The molecule has 20 heavy (non-hydrogen) atoms. The predicted molar refractivity (Wildman–Crippen MR) is 67.7 cm³/mol. The van der Waals surface area contributed by atoms with Crippen LogP contribution in [-0.2, 0) is 19.1 Å². The van der Waals surface area contributed by atoms with E-state index in [0.717, 1.165) is 6.08 Å². The predicted octanol–water partition coefficient (Wildman–Crippen LogP) is 1.79. The molecule has 0 radical (unpaired) electrons. The molecule has 0 N–H and O–H groups in total. The second kappa shape index (κ2) is 3.43. The SMILES string of the molecule is C=CC(=O)OC12OC(=O)C3(C#N)CC(C1C)C(C)(C)C32. The summed E-state index contributed by atoms with van der Waals surface area (Å²) in [7, 11) is 0. The highest BCUT2D eigenvalue weighted by Crippen LogP contribution is 2.75. The zero-order valence-corrected chi connectivity index (χ0v) is 11.8. The van der Waals surface area contributed by atoms with E-state index in [1.807, 2.05) is 20.8 Å². The topological polar surface area (TPSA) is 76.4 Å². The minimum Gasteiger partial charge on any atom is -0.421 e. The monoisotopic (exact) mass is 275 g/mol. The Hall–Kier alpha value is -1.83. The third-order valence-corrected chi connectivity index (χ3v) is 5.62. The maximum absolute atomic E-state index is 12.3. The summed E-state index contributed by atoms with van der Waals surface area (Å²) in [6.45, 7) is 9.34. The largest absolute Gasteiger partial charge is 0.421 e. The molecule has 2 saturated carbocycles. The minimum absolute atomic E-state index is 0.108. The van der Waals surface area contributed by atoms with Crippen LogP contribution >= 0.6 is 0 Å². The van der Waals surface area contributed by atoms with Gasteiger partial charge >= 0.3 is 11.9 Å². The van der Waals surface area contributed by atoms with Gasteiger partial charge in [0.15, 0.2) is 5.41 Å². The number of carbonyl (C=O) groups excluding carboxylic acids is 2. The van der Waals surface area contributed by atoms with Crippen molar-refractivity contribution in [2.45, 2.75) is 33.0 Å². The smallest absolute Gasteiger partial charge is 0.333 e. The zero-order valence-electron chi connectivity index (χ0n) is 11.8. The summed E-state index contributed by atoms with van der Waals surface area (Å²) < 4.78 is 11.0. The molecule has 0 spiro atoms. The molecule has 1 aliphatic heterocycles. The highest BCUT2D eigenvalue weighted by Gasteiger charge is 2.85. The van der Waals surface area contributed by atoms with Crippen LogP contribution in [0.3, 0.4) is 0 Å². The molecule has 2 aliphatic carbocycles. The van der Waals surface area contributed by atoms with E-state index >= 15 is 0 Å². The molecule has 2 bridgehead atoms. The molecule has 1 saturated heterocycles. The third-order valence-electron chi connectivity index (χ3n) is 5.62. The van der Waals surface area contributed by atoms with Crippen molar-refractivity contribution in [3.05, 3.63) is 12.7 Å². The van der Waals surface area contributed by atoms with Gasteiger partial charge in [-0.3, -0.25) is 4.79 Å². The van der Waals surface area contributed by atoms with Gasteiger partial charge in [-0.25, -0.2) is 4.79 Å². The summed E-state index contributed by atoms with van der Waals surface area (Å²) in [6.07, 6.45) is 1.54. The molecule has 0 amide bonds. The molecular formula is C15H17NO4. The van der Waals surface area contributed by atoms with E-state index in [1.54, 1.807) is 0 Å². The van der Waals surface area contributed by atoms with Crippen molar-refractivity contribution >= 4 is 11.9 Å². The Labute approximate surface area is 117 Å². The van der Waals surface area contributed by atoms with Crippen LogP contribution < -0.4 is 0 Å². The Kier molecular flexibility index (Phi) is 2.26. The average Bonchev–Trinajstić information content (AvgIpc) is 2.82. The van der Waals surface area contributed by atoms with Crippen LogP contribution in [0.15, 0.2) is 12.7 Å². The van der Waals surface area contributed by atoms with Gasteiger partial charge in [0.2, 0.25) is 0 Å². The van der Waals surface area contributed by atoms with Crippen LogP contribution in [0.1, 0.15) is 27.2 Å². The van der Waals surface area contributed by atoms with Crippen molar-refractivity contribution in [2.75, 3.05) is 0 Å². The normalized spacial score (nSPS) is 46.7. The van der Waals surface area contributed by atoms with Crippen molar-refractivity contribution in [1.29, 1.82) is 5.26 Å². The zero-order chi connectivity index (χ0) is 14.9. The van der Waals surface area contributed by atoms with Gasteiger partial charge in [-0.15, -0.1) is 0 Å². The standard InChI is InChI=1S/C15H17NO4/c1-5-10(17)19-15-8(2)9-6-14(7-16,12(18)20-15)11(15)13(9,3)4/h5,8-9,11H,1,6H2,2-4H3. The van der Waals surface area contributed by atoms with E-state index < -0.39 is 29.1 Å². The van der Waals surface area contributed by atoms with Crippen LogP contribution in [0.5, 0.6) is 0 Å². The maximum Gasteiger partial charge on any atom is 0.333 e. The van der Waals surface area contributed by atoms with E-state index in [-0.39, 0.29) is 17.3 Å². The number of nitriles is 1. The lowest BCUT2D eigenvalue weighted by atomic mass is 9.69. The van der Waals surface area contributed by atoms with Gasteiger partial charge in [0, 0.05) is 12.0 Å². The van der Waals surface area contributed by atoms with Crippen molar-refractivity contribution in [3.63, 3.8) is 0 Å². The van der Waals surface area contributed by atoms with Gasteiger partial charge in [-0.05, 0) is 17.8 Å². The summed E-state index contributed by atoms with van der Waals surface area (Å²) >= 11 is 0. The quantitative estimate of drug-likeness (QED) is 0.567. The minimum atomic E-state index is -1.31. The van der Waals surface area contributed by atoms with Gasteiger partial charge in [0.25, 0.3) is 5.79 Å². The number of nitrogens with zero attached hydrogens (tertiary/aromatic N) is 1. The highest BCUT2D eigenvalue weighted by molar-refractivity contribution is 5.87. The second-order valence-electron chi connectivity index (χ2n) is 6.67. The number of fused-ring (bicyclic) bond motifs is 1. The lowest BCUT2D eigenvalue weighted by Gasteiger charge is -2.36. The number of hydrogen-bond donors (Lipinski definition) is 0. The van der Waals surface area contributed by atoms with Gasteiger partial charge in [-0.2, -0.15) is 5.26 Å². The summed E-state index contributed by atoms with van der Waals surface area (Å²) in [5.41, 5.74) is -1.47. The lowest BCUT2D eigenvalue weighted by molar-refractivity contribution is -0.237. The molecule has 0 aromatic heterocycles. The number of esters is 2. The fourth-order valence-electron chi connectivity index (χ4n) is 4.92. The van der Waals surface area contributed by atoms with Crippen molar-refractivity contribution < 1.29 is 19.1 Å². The van der Waals surface area contributed by atoms with E-state index in [1.165, 1.54) is 0 Å². The van der Waals surface area contributed by atoms with E-state index in [0.29, 0.717) is 6.42 Å². The van der Waals surface area contributed by atoms with E-state index in [2.05, 4.69) is 12.6 Å². The second-order valence-corrected chi connectivity index (χ2v) is 6.67. The molecule has 5 unspecified atom stereocenters. The fourth-order valence-corrected chi connectivity index (χ4v) is 4.92. The number of carbonyl (C=O) groups is 2. The molecule has 3 fully saturated rings. The Morgan fingerprint density at radius 2 is 2.25 bits per heavy atom. The Balaban J connectivity index is 2.17. The Morgan fingerprint density at radius 3 is 2.75 bits per heavy atom. The van der Waals surface area contributed by atoms with Crippen LogP contribution in [-0.4, -0.2) is 17.7 Å². The molecule has 0 aromatic carbocycles. The first-order valence-corrected chi connectivity index (χ1v) is 6.76. The number of hydrogen-bond acceptors (Lipinski definition) is 5. The first kappa shape index (κ1) is 13.2. The Bertz CT molecular complexity index is 575. The van der Waals surface area contributed by atoms with Crippen LogP contribution in [0.4, 0.5) is 0 Å². The fraction of sp³-hybridized carbons (Fsp3) is 0.667. The van der Waals surface area contributed by atoms with Gasteiger partial charge in [0.05, 0.1) is 12.0 Å².